The van der Waals surface area contributed by atoms with Gasteiger partial charge in [-0.15, -0.1) is 0 Å². The zero-order valence-electron chi connectivity index (χ0n) is 13.1. The average Bonchev–Trinajstić information content (AvgIpc) is 3.06. The van der Waals surface area contributed by atoms with Crippen molar-refractivity contribution >= 4 is 52.2 Å². The highest BCUT2D eigenvalue weighted by molar-refractivity contribution is 6.37. The van der Waals surface area contributed by atoms with Gasteiger partial charge in [0, 0.05) is 45.0 Å². The van der Waals surface area contributed by atoms with Crippen LogP contribution < -0.4 is 0 Å². The lowest BCUT2D eigenvalue weighted by Crippen LogP contribution is -2.39. The third-order valence-electron chi connectivity index (χ3n) is 3.91. The quantitative estimate of drug-likeness (QED) is 0.538. The molecule has 0 aliphatic carbocycles. The second-order valence-corrected chi connectivity index (χ2v) is 7.34. The van der Waals surface area contributed by atoms with E-state index >= 15 is 0 Å². The van der Waals surface area contributed by atoms with Crippen LogP contribution >= 0.6 is 46.4 Å². The summed E-state index contributed by atoms with van der Waals surface area (Å²) < 4.78 is 0. The van der Waals surface area contributed by atoms with Crippen LogP contribution in [-0.4, -0.2) is 20.9 Å². The van der Waals surface area contributed by atoms with Crippen LogP contribution in [0.15, 0.2) is 48.8 Å². The van der Waals surface area contributed by atoms with Crippen molar-refractivity contribution < 1.29 is 9.90 Å². The van der Waals surface area contributed by atoms with Crippen LogP contribution in [0.3, 0.4) is 0 Å². The Labute approximate surface area is 169 Å². The van der Waals surface area contributed by atoms with Gasteiger partial charge in [-0.3, -0.25) is 4.79 Å². The number of carbonyl (C=O) groups excluding carboxylic acids is 1. The zero-order valence-corrected chi connectivity index (χ0v) is 16.2. The van der Waals surface area contributed by atoms with Crippen LogP contribution in [0.25, 0.3) is 0 Å². The van der Waals surface area contributed by atoms with Gasteiger partial charge in [-0.1, -0.05) is 52.5 Å². The molecule has 3 aromatic rings. The predicted molar refractivity (Wildman–Crippen MR) is 103 cm³/mol. The first-order valence-electron chi connectivity index (χ1n) is 7.47. The molecule has 26 heavy (non-hydrogen) atoms. The largest absolute Gasteiger partial charge is 0.376 e. The number of carbonyl (C=O) groups is 1. The molecule has 0 amide bonds. The maximum Gasteiger partial charge on any atom is 0.200 e. The van der Waals surface area contributed by atoms with Crippen molar-refractivity contribution in [2.75, 3.05) is 0 Å². The molecule has 0 saturated carbocycles. The standard InChI is InChI=1S/C18H12Cl4N2O2/c19-10-1-3-12(14(21)7-10)17(25)18(26,9-16-23-5-6-24-16)13-4-2-11(20)8-15(13)22/h1-8,26H,9H2,(H,23,24). The molecule has 0 fully saturated rings. The Kier molecular flexibility index (Phi) is 5.61. The first kappa shape index (κ1) is 19.2. The van der Waals surface area contributed by atoms with Crippen molar-refractivity contribution in [2.45, 2.75) is 12.0 Å². The number of aromatic amines is 1. The molecule has 0 spiro atoms. The highest BCUT2D eigenvalue weighted by Crippen LogP contribution is 2.37. The molecule has 0 aliphatic rings. The zero-order chi connectivity index (χ0) is 18.9. The van der Waals surface area contributed by atoms with Gasteiger partial charge in [0.2, 0.25) is 5.78 Å². The van der Waals surface area contributed by atoms with E-state index in [1.54, 1.807) is 12.3 Å². The van der Waals surface area contributed by atoms with Crippen molar-refractivity contribution in [1.29, 1.82) is 0 Å². The molecule has 1 aromatic heterocycles. The van der Waals surface area contributed by atoms with Gasteiger partial charge in [-0.05, 0) is 30.3 Å². The smallest absolute Gasteiger partial charge is 0.200 e. The van der Waals surface area contributed by atoms with Crippen LogP contribution in [0, 0.1) is 0 Å². The van der Waals surface area contributed by atoms with Crippen LogP contribution in [0.2, 0.25) is 20.1 Å². The number of ketones is 1. The van der Waals surface area contributed by atoms with Gasteiger partial charge in [-0.2, -0.15) is 0 Å². The predicted octanol–water partition coefficient (Wildman–Crippen LogP) is 5.34. The number of aliphatic hydroxyl groups is 1. The Hall–Kier alpha value is -1.56. The topological polar surface area (TPSA) is 66.0 Å². The van der Waals surface area contributed by atoms with Gasteiger partial charge in [0.05, 0.1) is 5.02 Å². The van der Waals surface area contributed by atoms with Crippen molar-refractivity contribution in [1.82, 2.24) is 9.97 Å². The molecule has 1 heterocycles. The molecule has 1 unspecified atom stereocenters. The lowest BCUT2D eigenvalue weighted by molar-refractivity contribution is 0.0290. The lowest BCUT2D eigenvalue weighted by atomic mass is 9.83. The van der Waals surface area contributed by atoms with Gasteiger partial charge < -0.3 is 10.1 Å². The van der Waals surface area contributed by atoms with Crippen LogP contribution in [-0.2, 0) is 12.0 Å². The molecule has 2 aromatic carbocycles. The van der Waals surface area contributed by atoms with E-state index in [9.17, 15) is 9.90 Å². The third kappa shape index (κ3) is 3.75. The van der Waals surface area contributed by atoms with Crippen LogP contribution in [0.5, 0.6) is 0 Å². The summed E-state index contributed by atoms with van der Waals surface area (Å²) in [4.78, 5) is 20.2. The monoisotopic (exact) mass is 428 g/mol. The van der Waals surface area contributed by atoms with Crippen molar-refractivity contribution in [3.8, 4) is 0 Å². The van der Waals surface area contributed by atoms with E-state index in [2.05, 4.69) is 9.97 Å². The minimum absolute atomic E-state index is 0.121. The summed E-state index contributed by atoms with van der Waals surface area (Å²) in [7, 11) is 0. The molecule has 8 heteroatoms. The number of hydrogen-bond donors (Lipinski definition) is 2. The van der Waals surface area contributed by atoms with Crippen molar-refractivity contribution in [3.63, 3.8) is 0 Å². The molecule has 0 bridgehead atoms. The summed E-state index contributed by atoms with van der Waals surface area (Å²) in [5, 5.41) is 12.5. The summed E-state index contributed by atoms with van der Waals surface area (Å²) in [6.07, 6.45) is 3.00. The molecule has 0 aliphatic heterocycles. The summed E-state index contributed by atoms with van der Waals surface area (Å²) >= 11 is 24.3. The van der Waals surface area contributed by atoms with Gasteiger partial charge in [0.15, 0.2) is 5.60 Å². The first-order chi connectivity index (χ1) is 12.3. The fourth-order valence-electron chi connectivity index (χ4n) is 2.66. The number of nitrogens with zero attached hydrogens (tertiary/aromatic N) is 1. The lowest BCUT2D eigenvalue weighted by Gasteiger charge is -2.28. The number of imidazole rings is 1. The van der Waals surface area contributed by atoms with Crippen molar-refractivity contribution in [3.05, 3.63) is 85.8 Å². The van der Waals surface area contributed by atoms with E-state index in [0.717, 1.165) is 0 Å². The molecular weight excluding hydrogens is 418 g/mol. The molecule has 2 N–H and O–H groups in total. The molecule has 134 valence electrons. The Morgan fingerprint density at radius 2 is 1.69 bits per heavy atom. The van der Waals surface area contributed by atoms with Gasteiger partial charge in [0.25, 0.3) is 0 Å². The Morgan fingerprint density at radius 3 is 2.27 bits per heavy atom. The molecular formula is C18H12Cl4N2O2. The molecule has 3 rings (SSSR count). The summed E-state index contributed by atoms with van der Waals surface area (Å²) in [5.74, 6) is -0.211. The fourth-order valence-corrected chi connectivity index (χ4v) is 3.72. The first-order valence-corrected chi connectivity index (χ1v) is 8.98. The highest BCUT2D eigenvalue weighted by atomic mass is 35.5. The molecule has 1 atom stereocenters. The average molecular weight is 430 g/mol. The maximum atomic E-state index is 13.3. The number of nitrogens with one attached hydrogen (secondary N) is 1. The van der Waals surface area contributed by atoms with Crippen LogP contribution in [0.4, 0.5) is 0 Å². The van der Waals surface area contributed by atoms with E-state index in [1.165, 1.54) is 36.5 Å². The van der Waals surface area contributed by atoms with E-state index in [0.29, 0.717) is 15.9 Å². The summed E-state index contributed by atoms with van der Waals surface area (Å²) in [6.45, 7) is 0. The van der Waals surface area contributed by atoms with Gasteiger partial charge in [0.1, 0.15) is 5.82 Å². The Morgan fingerprint density at radius 1 is 1.04 bits per heavy atom. The van der Waals surface area contributed by atoms with E-state index in [1.807, 2.05) is 0 Å². The minimum atomic E-state index is -2.00. The molecule has 0 radical (unpaired) electrons. The number of rotatable bonds is 5. The second-order valence-electron chi connectivity index (χ2n) is 5.65. The minimum Gasteiger partial charge on any atom is -0.376 e. The molecule has 4 nitrogen and oxygen atoms in total. The third-order valence-corrected chi connectivity index (χ3v) is 5.00. The number of halogens is 4. The van der Waals surface area contributed by atoms with E-state index in [-0.39, 0.29) is 27.6 Å². The second kappa shape index (κ2) is 7.59. The summed E-state index contributed by atoms with van der Waals surface area (Å²) in [6, 6.07) is 8.94. The van der Waals surface area contributed by atoms with Gasteiger partial charge in [-0.25, -0.2) is 4.98 Å². The number of benzene rings is 2. The van der Waals surface area contributed by atoms with Gasteiger partial charge >= 0.3 is 0 Å². The van der Waals surface area contributed by atoms with E-state index in [4.69, 9.17) is 46.4 Å². The maximum absolute atomic E-state index is 13.3. The fraction of sp³-hybridized carbons (Fsp3) is 0.111. The Balaban J connectivity index is 2.15. The SMILES string of the molecule is O=C(c1ccc(Cl)cc1Cl)C(O)(Cc1ncc[nH]1)c1ccc(Cl)cc1Cl. The normalized spacial score (nSPS) is 13.4. The van der Waals surface area contributed by atoms with Crippen molar-refractivity contribution in [2.24, 2.45) is 0 Å². The number of Topliss-reactive ketones (excluding diaryl/α,β-unsaturated/α-hetero) is 1. The highest BCUT2D eigenvalue weighted by Gasteiger charge is 2.41. The molecule has 0 saturated heterocycles. The number of aromatic nitrogens is 2. The van der Waals surface area contributed by atoms with E-state index < -0.39 is 11.4 Å². The van der Waals surface area contributed by atoms with Crippen LogP contribution in [0.1, 0.15) is 21.7 Å². The summed E-state index contributed by atoms with van der Waals surface area (Å²) in [5.41, 5.74) is -1.68. The number of H-pyrrole nitrogens is 1. The Bertz CT molecular complexity index is 960. The number of hydrogen-bond acceptors (Lipinski definition) is 3.